The van der Waals surface area contributed by atoms with Gasteiger partial charge in [-0.15, -0.1) is 0 Å². The minimum atomic E-state index is -1.10. The van der Waals surface area contributed by atoms with Gasteiger partial charge in [-0.25, -0.2) is 14.4 Å². The summed E-state index contributed by atoms with van der Waals surface area (Å²) >= 11 is 0. The second-order valence-corrected chi connectivity index (χ2v) is 9.72. The smallest absolute Gasteiger partial charge is 0.303 e. The van der Waals surface area contributed by atoms with Gasteiger partial charge in [0.05, 0.1) is 12.6 Å². The number of hydrogen-bond acceptors (Lipinski definition) is 6. The molecule has 1 aromatic carbocycles. The zero-order valence-corrected chi connectivity index (χ0v) is 20.9. The zero-order valence-electron chi connectivity index (χ0n) is 20.9. The maximum Gasteiger partial charge on any atom is 0.303 e. The highest BCUT2D eigenvalue weighted by Gasteiger charge is 2.30. The first kappa shape index (κ1) is 25.9. The van der Waals surface area contributed by atoms with Crippen molar-refractivity contribution < 1.29 is 19.0 Å². The number of hydrogen-bond donors (Lipinski definition) is 1. The number of ether oxygens (including phenoxy) is 1. The number of aromatic nitrogens is 3. The molecule has 4 rings (SSSR count). The Balaban J connectivity index is 1.35. The molecule has 1 saturated heterocycles. The molecule has 8 heteroatoms. The number of piperidine rings is 1. The number of alkyl halides is 1. The van der Waals surface area contributed by atoms with Gasteiger partial charge in [-0.2, -0.15) is 0 Å². The Labute approximate surface area is 211 Å². The summed E-state index contributed by atoms with van der Waals surface area (Å²) in [5.41, 5.74) is 2.53. The summed E-state index contributed by atoms with van der Waals surface area (Å²) in [6.45, 7) is 2.79. The second kappa shape index (κ2) is 12.7. The van der Waals surface area contributed by atoms with Crippen LogP contribution in [0.15, 0.2) is 49.2 Å². The first-order valence-electron chi connectivity index (χ1n) is 12.8. The molecule has 0 amide bonds. The number of carboxylic acids is 1. The molecule has 3 heterocycles. The van der Waals surface area contributed by atoms with Crippen LogP contribution in [-0.2, 0) is 11.2 Å². The Morgan fingerprint density at radius 2 is 2.06 bits per heavy atom. The van der Waals surface area contributed by atoms with Crippen molar-refractivity contribution in [1.29, 1.82) is 0 Å². The Morgan fingerprint density at radius 3 is 2.83 bits per heavy atom. The first-order valence-corrected chi connectivity index (χ1v) is 12.8. The van der Waals surface area contributed by atoms with E-state index < -0.39 is 12.1 Å². The number of methoxy groups -OCH3 is 1. The van der Waals surface area contributed by atoms with E-state index in [1.165, 1.54) is 6.33 Å². The highest BCUT2D eigenvalue weighted by molar-refractivity contribution is 5.83. The number of pyridine rings is 1. The number of aryl methyl sites for hydroxylation is 1. The fourth-order valence-corrected chi connectivity index (χ4v) is 5.40. The molecule has 0 radical (unpaired) electrons. The largest absolute Gasteiger partial charge is 0.497 e. The number of halogens is 1. The molecule has 0 aliphatic carbocycles. The maximum absolute atomic E-state index is 15.5. The standard InChI is InChI=1S/C28H35FN4O3/c1-36-23-6-8-27-25(15-23)24(10-12-32-27)26(29)7-4-21-11-14-33(18-22(21)5-9-28(34)35)13-2-3-20-16-30-19-31-17-20/h6,8,10,12,15-17,19,21-22,26H,2-5,7,9,11,13-14,18H2,1H3,(H,34,35)/t21-,22-,26-/m1/s1. The summed E-state index contributed by atoms with van der Waals surface area (Å²) in [5, 5.41) is 10.1. The molecule has 1 aliphatic heterocycles. The number of carbonyl (C=O) groups is 1. The van der Waals surface area contributed by atoms with Crippen LogP contribution in [0.4, 0.5) is 4.39 Å². The molecular weight excluding hydrogens is 459 g/mol. The summed E-state index contributed by atoms with van der Waals surface area (Å²) in [6, 6.07) is 7.29. The molecule has 1 aliphatic rings. The molecule has 0 saturated carbocycles. The number of fused-ring (bicyclic) bond motifs is 1. The third-order valence-corrected chi connectivity index (χ3v) is 7.37. The molecule has 36 heavy (non-hydrogen) atoms. The van der Waals surface area contributed by atoms with Crippen LogP contribution in [0.3, 0.4) is 0 Å². The fraction of sp³-hybridized carbons (Fsp3) is 0.500. The first-order chi connectivity index (χ1) is 17.5. The number of likely N-dealkylation sites (tertiary alicyclic amines) is 1. The number of aliphatic carboxylic acids is 1. The Hall–Kier alpha value is -3.13. The van der Waals surface area contributed by atoms with Crippen LogP contribution >= 0.6 is 0 Å². The van der Waals surface area contributed by atoms with E-state index >= 15 is 4.39 Å². The third kappa shape index (κ3) is 6.97. The lowest BCUT2D eigenvalue weighted by atomic mass is 9.79. The van der Waals surface area contributed by atoms with Crippen LogP contribution in [0.1, 0.15) is 55.8 Å². The predicted octanol–water partition coefficient (Wildman–Crippen LogP) is 5.26. The van der Waals surface area contributed by atoms with E-state index in [2.05, 4.69) is 19.9 Å². The number of rotatable bonds is 12. The third-order valence-electron chi connectivity index (χ3n) is 7.37. The van der Waals surface area contributed by atoms with Crippen molar-refractivity contribution in [2.75, 3.05) is 26.7 Å². The average molecular weight is 495 g/mol. The summed E-state index contributed by atoms with van der Waals surface area (Å²) in [4.78, 5) is 26.2. The SMILES string of the molecule is COc1ccc2nccc([C@H](F)CC[C@@H]3CCN(CCCc4cncnc4)C[C@H]3CCC(=O)O)c2c1. The number of carboxylic acid groups (broad SMARTS) is 1. The van der Waals surface area contributed by atoms with Crippen molar-refractivity contribution in [2.24, 2.45) is 11.8 Å². The van der Waals surface area contributed by atoms with E-state index in [0.717, 1.165) is 61.8 Å². The molecule has 0 unspecified atom stereocenters. The molecule has 0 spiro atoms. The predicted molar refractivity (Wildman–Crippen MR) is 137 cm³/mol. The van der Waals surface area contributed by atoms with E-state index in [1.54, 1.807) is 19.4 Å². The van der Waals surface area contributed by atoms with Crippen LogP contribution in [-0.4, -0.2) is 57.7 Å². The Morgan fingerprint density at radius 1 is 1.22 bits per heavy atom. The van der Waals surface area contributed by atoms with Crippen LogP contribution < -0.4 is 4.74 Å². The zero-order chi connectivity index (χ0) is 25.3. The molecule has 2 aromatic heterocycles. The minimum absolute atomic E-state index is 0.157. The minimum Gasteiger partial charge on any atom is -0.497 e. The van der Waals surface area contributed by atoms with Crippen molar-refractivity contribution in [3.05, 3.63) is 60.3 Å². The number of nitrogens with zero attached hydrogens (tertiary/aromatic N) is 4. The summed E-state index contributed by atoms with van der Waals surface area (Å²) in [7, 11) is 1.60. The topological polar surface area (TPSA) is 88.4 Å². The van der Waals surface area contributed by atoms with Gasteiger partial charge in [0.2, 0.25) is 0 Å². The van der Waals surface area contributed by atoms with Crippen LogP contribution in [0, 0.1) is 11.8 Å². The van der Waals surface area contributed by atoms with Crippen LogP contribution in [0.5, 0.6) is 5.75 Å². The molecule has 3 atom stereocenters. The molecular formula is C28H35FN4O3. The van der Waals surface area contributed by atoms with Gasteiger partial charge in [0.25, 0.3) is 0 Å². The normalized spacial score (nSPS) is 19.3. The van der Waals surface area contributed by atoms with Crippen LogP contribution in [0.2, 0.25) is 0 Å². The van der Waals surface area contributed by atoms with Crippen molar-refractivity contribution in [3.63, 3.8) is 0 Å². The van der Waals surface area contributed by atoms with E-state index in [0.29, 0.717) is 30.1 Å². The fourth-order valence-electron chi connectivity index (χ4n) is 5.40. The lowest BCUT2D eigenvalue weighted by Crippen LogP contribution is -2.41. The monoisotopic (exact) mass is 494 g/mol. The van der Waals surface area contributed by atoms with Crippen molar-refractivity contribution >= 4 is 16.9 Å². The van der Waals surface area contributed by atoms with Crippen molar-refractivity contribution in [3.8, 4) is 5.75 Å². The van der Waals surface area contributed by atoms with Crippen molar-refractivity contribution in [2.45, 2.75) is 51.1 Å². The van der Waals surface area contributed by atoms with E-state index in [4.69, 9.17) is 4.74 Å². The van der Waals surface area contributed by atoms with E-state index in [9.17, 15) is 9.90 Å². The molecule has 7 nitrogen and oxygen atoms in total. The van der Waals surface area contributed by atoms with Crippen LogP contribution in [0.25, 0.3) is 10.9 Å². The van der Waals surface area contributed by atoms with Gasteiger partial charge in [-0.05, 0) is 98.8 Å². The van der Waals surface area contributed by atoms with Gasteiger partial charge in [-0.3, -0.25) is 9.78 Å². The number of benzene rings is 1. The average Bonchev–Trinajstić information content (AvgIpc) is 2.91. The van der Waals surface area contributed by atoms with Crippen molar-refractivity contribution in [1.82, 2.24) is 19.9 Å². The van der Waals surface area contributed by atoms with E-state index in [1.807, 2.05) is 30.6 Å². The summed E-state index contributed by atoms with van der Waals surface area (Å²) < 4.78 is 20.8. The highest BCUT2D eigenvalue weighted by atomic mass is 19.1. The second-order valence-electron chi connectivity index (χ2n) is 9.72. The lowest BCUT2D eigenvalue weighted by Gasteiger charge is -2.39. The summed E-state index contributed by atoms with van der Waals surface area (Å²) in [5.74, 6) is 0.501. The van der Waals surface area contributed by atoms with Gasteiger partial charge in [0, 0.05) is 36.9 Å². The lowest BCUT2D eigenvalue weighted by molar-refractivity contribution is -0.137. The van der Waals surface area contributed by atoms with Gasteiger partial charge in [0.1, 0.15) is 18.2 Å². The summed E-state index contributed by atoms with van der Waals surface area (Å²) in [6.07, 6.45) is 10.7. The van der Waals surface area contributed by atoms with Gasteiger partial charge in [-0.1, -0.05) is 0 Å². The van der Waals surface area contributed by atoms with Gasteiger partial charge >= 0.3 is 5.97 Å². The Bertz CT molecular complexity index is 1130. The maximum atomic E-state index is 15.5. The molecule has 1 fully saturated rings. The molecule has 1 N–H and O–H groups in total. The molecule has 3 aromatic rings. The van der Waals surface area contributed by atoms with Gasteiger partial charge < -0.3 is 14.7 Å². The molecule has 0 bridgehead atoms. The Kier molecular flexibility index (Phi) is 9.17. The molecule has 192 valence electrons. The van der Waals surface area contributed by atoms with Gasteiger partial charge in [0.15, 0.2) is 0 Å². The van der Waals surface area contributed by atoms with E-state index in [-0.39, 0.29) is 12.3 Å². The highest BCUT2D eigenvalue weighted by Crippen LogP contribution is 2.36. The quantitative estimate of drug-likeness (QED) is 0.367.